The number of furan rings is 3. The second-order valence-electron chi connectivity index (χ2n) is 20.4. The SMILES string of the molecule is c1ccc(-c2ccc(N(c3ccccc3)c3ccc(-n4c5ccccc5c5c6oc7c(ccc8c7c7cc(-c9ccc%10oc%11ccccc%11c%10c9)ccc7n8-c7ccc8oc9ccccc9c8c7)c6ccc54)cc3)cc2)cc1. The summed E-state index contributed by atoms with van der Waals surface area (Å²) in [5, 5.41) is 10.9. The Morgan fingerprint density at radius 3 is 1.36 bits per heavy atom. The second kappa shape index (κ2) is 16.5. The van der Waals surface area contributed by atoms with Crippen molar-refractivity contribution in [3.8, 4) is 33.6 Å². The fourth-order valence-electron chi connectivity index (χ4n) is 12.6. The van der Waals surface area contributed by atoms with Crippen LogP contribution in [0.2, 0.25) is 0 Å². The average Bonchev–Trinajstić information content (AvgIpc) is 4.36. The molecule has 0 bridgehead atoms. The van der Waals surface area contributed by atoms with Crippen LogP contribution < -0.4 is 4.90 Å². The molecule has 0 saturated carbocycles. The van der Waals surface area contributed by atoms with Gasteiger partial charge in [0.25, 0.3) is 0 Å². The van der Waals surface area contributed by atoms with E-state index >= 15 is 0 Å². The molecule has 0 saturated heterocycles. The van der Waals surface area contributed by atoms with Crippen molar-refractivity contribution in [1.29, 1.82) is 0 Å². The molecule has 364 valence electrons. The van der Waals surface area contributed by atoms with E-state index in [1.807, 2.05) is 24.3 Å². The number of fused-ring (bicyclic) bond motifs is 17. The minimum absolute atomic E-state index is 0.862. The van der Waals surface area contributed by atoms with E-state index in [-0.39, 0.29) is 0 Å². The van der Waals surface area contributed by atoms with Gasteiger partial charge < -0.3 is 27.3 Å². The summed E-state index contributed by atoms with van der Waals surface area (Å²) in [5.74, 6) is 0. The number of aromatic nitrogens is 2. The largest absolute Gasteiger partial charge is 0.456 e. The molecule has 17 rings (SSSR count). The molecule has 6 heteroatoms. The molecular weight excluding hydrogens is 955 g/mol. The third-order valence-electron chi connectivity index (χ3n) is 16.1. The van der Waals surface area contributed by atoms with Gasteiger partial charge in [-0.1, -0.05) is 127 Å². The van der Waals surface area contributed by atoms with Crippen LogP contribution in [-0.4, -0.2) is 9.13 Å². The zero-order chi connectivity index (χ0) is 51.0. The summed E-state index contributed by atoms with van der Waals surface area (Å²) in [4.78, 5) is 2.32. The fourth-order valence-corrected chi connectivity index (χ4v) is 12.6. The average molecular weight is 998 g/mol. The van der Waals surface area contributed by atoms with E-state index in [4.69, 9.17) is 13.3 Å². The molecule has 0 spiro atoms. The number of benzene rings is 12. The molecule has 12 aromatic carbocycles. The zero-order valence-corrected chi connectivity index (χ0v) is 41.9. The summed E-state index contributed by atoms with van der Waals surface area (Å²) in [5.41, 5.74) is 19.6. The summed E-state index contributed by atoms with van der Waals surface area (Å²) in [6.45, 7) is 0. The highest BCUT2D eigenvalue weighted by Gasteiger charge is 2.24. The number of rotatable bonds is 7. The first-order valence-electron chi connectivity index (χ1n) is 26.5. The topological polar surface area (TPSA) is 52.5 Å². The Hall–Kier alpha value is -10.6. The van der Waals surface area contributed by atoms with Gasteiger partial charge in [0.15, 0.2) is 0 Å². The van der Waals surface area contributed by atoms with Crippen molar-refractivity contribution in [3.05, 3.63) is 261 Å². The number of hydrogen-bond donors (Lipinski definition) is 0. The van der Waals surface area contributed by atoms with Gasteiger partial charge in [0.1, 0.15) is 33.5 Å². The summed E-state index contributed by atoms with van der Waals surface area (Å²) in [7, 11) is 0. The first kappa shape index (κ1) is 42.8. The fraction of sp³-hybridized carbons (Fsp3) is 0. The van der Waals surface area contributed by atoms with Crippen molar-refractivity contribution < 1.29 is 13.3 Å². The van der Waals surface area contributed by atoms with E-state index in [0.29, 0.717) is 0 Å². The van der Waals surface area contributed by atoms with Crippen LogP contribution in [0.3, 0.4) is 0 Å². The summed E-state index contributed by atoms with van der Waals surface area (Å²) >= 11 is 0. The van der Waals surface area contributed by atoms with Gasteiger partial charge in [-0.25, -0.2) is 0 Å². The maximum atomic E-state index is 7.47. The smallest absolute Gasteiger partial charge is 0.145 e. The van der Waals surface area contributed by atoms with Crippen LogP contribution in [-0.2, 0) is 0 Å². The van der Waals surface area contributed by atoms with Crippen molar-refractivity contribution in [2.75, 3.05) is 4.90 Å². The summed E-state index contributed by atoms with van der Waals surface area (Å²) in [6.07, 6.45) is 0. The van der Waals surface area contributed by atoms with E-state index in [2.05, 4.69) is 251 Å². The normalized spacial score (nSPS) is 12.1. The molecule has 6 nitrogen and oxygen atoms in total. The predicted octanol–water partition coefficient (Wildman–Crippen LogP) is 20.4. The Balaban J connectivity index is 0.854. The highest BCUT2D eigenvalue weighted by Crippen LogP contribution is 2.47. The number of hydrogen-bond acceptors (Lipinski definition) is 4. The molecule has 5 aromatic heterocycles. The van der Waals surface area contributed by atoms with Gasteiger partial charge in [-0.15, -0.1) is 0 Å². The Bertz CT molecular complexity index is 5250. The van der Waals surface area contributed by atoms with Crippen molar-refractivity contribution in [2.45, 2.75) is 0 Å². The highest BCUT2D eigenvalue weighted by molar-refractivity contribution is 6.29. The number of nitrogens with zero attached hydrogens (tertiary/aromatic N) is 3. The Morgan fingerprint density at radius 1 is 0.244 bits per heavy atom. The van der Waals surface area contributed by atoms with Crippen LogP contribution in [0, 0.1) is 0 Å². The molecule has 0 N–H and O–H groups in total. The standard InChI is InChI=1S/C72H43N3O3/c1-3-13-44(14-4-1)45-23-27-49(28-24-45)73(48-15-5-2-6-16-48)50-29-31-51(32-30-50)74-61-20-10-7-19-57(61)69-63(74)37-34-55-56-35-38-64-70(72(56)78-71(55)69)60-42-46(47-26-39-67-58(41-47)53-17-8-11-21-65(53)76-67)25-36-62(60)75(64)52-33-40-68-59(43-52)54-18-9-12-22-66(54)77-68/h1-43H. The number of para-hydroxylation sites is 4. The van der Waals surface area contributed by atoms with Crippen molar-refractivity contribution in [3.63, 3.8) is 0 Å². The number of anilines is 3. The Kier molecular flexibility index (Phi) is 9.03. The molecule has 0 amide bonds. The maximum Gasteiger partial charge on any atom is 0.145 e. The van der Waals surface area contributed by atoms with Gasteiger partial charge in [-0.3, -0.25) is 0 Å². The molecule has 0 unspecified atom stereocenters. The lowest BCUT2D eigenvalue weighted by Crippen LogP contribution is -2.10. The molecule has 17 aromatic rings. The van der Waals surface area contributed by atoms with E-state index in [1.165, 1.54) is 11.1 Å². The Labute approximate surface area is 446 Å². The lowest BCUT2D eigenvalue weighted by Gasteiger charge is -2.26. The zero-order valence-electron chi connectivity index (χ0n) is 41.9. The molecule has 0 radical (unpaired) electrons. The monoisotopic (exact) mass is 997 g/mol. The summed E-state index contributed by atoms with van der Waals surface area (Å²) in [6, 6.07) is 93.2. The van der Waals surface area contributed by atoms with Crippen LogP contribution in [0.1, 0.15) is 0 Å². The predicted molar refractivity (Wildman–Crippen MR) is 323 cm³/mol. The molecule has 0 atom stereocenters. The first-order valence-corrected chi connectivity index (χ1v) is 26.5. The first-order chi connectivity index (χ1) is 38.7. The van der Waals surface area contributed by atoms with E-state index in [9.17, 15) is 0 Å². The van der Waals surface area contributed by atoms with Gasteiger partial charge >= 0.3 is 0 Å². The van der Waals surface area contributed by atoms with Crippen LogP contribution in [0.4, 0.5) is 17.1 Å². The van der Waals surface area contributed by atoms with Crippen LogP contribution >= 0.6 is 0 Å². The van der Waals surface area contributed by atoms with E-state index in [1.54, 1.807) is 0 Å². The Morgan fingerprint density at radius 2 is 0.679 bits per heavy atom. The van der Waals surface area contributed by atoms with Gasteiger partial charge in [0.2, 0.25) is 0 Å². The molecule has 0 aliphatic rings. The minimum Gasteiger partial charge on any atom is -0.456 e. The molecule has 0 aliphatic carbocycles. The van der Waals surface area contributed by atoms with Crippen LogP contribution in [0.25, 0.3) is 143 Å². The maximum absolute atomic E-state index is 7.47. The van der Waals surface area contributed by atoms with Crippen LogP contribution in [0.15, 0.2) is 274 Å². The third kappa shape index (κ3) is 6.31. The lowest BCUT2D eigenvalue weighted by atomic mass is 10.00. The lowest BCUT2D eigenvalue weighted by molar-refractivity contribution is 0.668. The van der Waals surface area contributed by atoms with Crippen molar-refractivity contribution in [2.24, 2.45) is 0 Å². The molecule has 0 fully saturated rings. The quantitative estimate of drug-likeness (QED) is 0.160. The third-order valence-corrected chi connectivity index (χ3v) is 16.1. The molecular formula is C72H43N3O3. The van der Waals surface area contributed by atoms with E-state index < -0.39 is 0 Å². The van der Waals surface area contributed by atoms with Crippen molar-refractivity contribution >= 4 is 126 Å². The molecule has 0 aliphatic heterocycles. The van der Waals surface area contributed by atoms with Crippen LogP contribution in [0.5, 0.6) is 0 Å². The van der Waals surface area contributed by atoms with Gasteiger partial charge in [-0.05, 0) is 156 Å². The summed E-state index contributed by atoms with van der Waals surface area (Å²) < 4.78 is 24.8. The second-order valence-corrected chi connectivity index (χ2v) is 20.4. The minimum atomic E-state index is 0.862. The van der Waals surface area contributed by atoms with Gasteiger partial charge in [0.05, 0.1) is 32.8 Å². The molecule has 5 heterocycles. The molecule has 78 heavy (non-hydrogen) atoms. The van der Waals surface area contributed by atoms with E-state index in [0.717, 1.165) is 149 Å². The van der Waals surface area contributed by atoms with Crippen molar-refractivity contribution in [1.82, 2.24) is 9.13 Å². The van der Waals surface area contributed by atoms with Gasteiger partial charge in [-0.2, -0.15) is 0 Å². The van der Waals surface area contributed by atoms with Gasteiger partial charge in [0, 0.05) is 71.5 Å². The highest BCUT2D eigenvalue weighted by atomic mass is 16.3.